The summed E-state index contributed by atoms with van der Waals surface area (Å²) in [5, 5.41) is 7.46. The minimum atomic E-state index is 0.151. The minimum Gasteiger partial charge on any atom is -0.354 e. The highest BCUT2D eigenvalue weighted by molar-refractivity contribution is 5.78. The number of aryl methyl sites for hydroxylation is 1. The zero-order valence-corrected chi connectivity index (χ0v) is 15.1. The molecule has 1 atom stereocenters. The van der Waals surface area contributed by atoms with Crippen molar-refractivity contribution in [3.63, 3.8) is 0 Å². The van der Waals surface area contributed by atoms with Crippen molar-refractivity contribution in [1.82, 2.24) is 24.9 Å². The van der Waals surface area contributed by atoms with Crippen molar-refractivity contribution in [2.45, 2.75) is 45.2 Å². The van der Waals surface area contributed by atoms with E-state index in [1.807, 2.05) is 23.9 Å². The van der Waals surface area contributed by atoms with Crippen LogP contribution in [-0.2, 0) is 11.3 Å². The van der Waals surface area contributed by atoms with Crippen LogP contribution in [0.5, 0.6) is 0 Å². The van der Waals surface area contributed by atoms with Gasteiger partial charge in [-0.1, -0.05) is 0 Å². The van der Waals surface area contributed by atoms with Crippen LogP contribution in [0.4, 0.5) is 0 Å². The van der Waals surface area contributed by atoms with Gasteiger partial charge in [-0.25, -0.2) is 0 Å². The number of carbonyl (C=O) groups excluding carboxylic acids is 1. The standard InChI is InChI=1S/C18H31N5O/c1-15-5-12-23(20-15)13-8-19-18(24)16-4-3-9-22(14-16)17-6-10-21(2)11-7-17/h5,12,16-17H,3-4,6-11,13-14H2,1-2H3,(H,19,24). The van der Waals surface area contributed by atoms with E-state index in [-0.39, 0.29) is 11.8 Å². The highest BCUT2D eigenvalue weighted by atomic mass is 16.1. The Labute approximate surface area is 145 Å². The lowest BCUT2D eigenvalue weighted by Gasteiger charge is -2.41. The smallest absolute Gasteiger partial charge is 0.224 e. The van der Waals surface area contributed by atoms with Crippen LogP contribution in [0.25, 0.3) is 0 Å². The number of hydrogen-bond donors (Lipinski definition) is 1. The van der Waals surface area contributed by atoms with Gasteiger partial charge in [0.25, 0.3) is 0 Å². The van der Waals surface area contributed by atoms with E-state index in [1.54, 1.807) is 0 Å². The van der Waals surface area contributed by atoms with E-state index in [0.29, 0.717) is 12.6 Å². The van der Waals surface area contributed by atoms with Crippen LogP contribution in [0, 0.1) is 12.8 Å². The second-order valence-electron chi connectivity index (χ2n) is 7.38. The highest BCUT2D eigenvalue weighted by Gasteiger charge is 2.30. The van der Waals surface area contributed by atoms with Gasteiger partial charge in [0.1, 0.15) is 0 Å². The molecule has 0 aliphatic carbocycles. The molecule has 0 aromatic carbocycles. The quantitative estimate of drug-likeness (QED) is 0.877. The van der Waals surface area contributed by atoms with Crippen LogP contribution in [0.1, 0.15) is 31.4 Å². The second kappa shape index (κ2) is 8.12. The molecule has 0 bridgehead atoms. The van der Waals surface area contributed by atoms with Gasteiger partial charge in [0.15, 0.2) is 0 Å². The maximum absolute atomic E-state index is 12.5. The summed E-state index contributed by atoms with van der Waals surface area (Å²) in [5.41, 5.74) is 1.02. The molecule has 3 heterocycles. The molecule has 6 heteroatoms. The van der Waals surface area contributed by atoms with Gasteiger partial charge in [-0.2, -0.15) is 5.10 Å². The van der Waals surface area contributed by atoms with E-state index >= 15 is 0 Å². The fourth-order valence-electron chi connectivity index (χ4n) is 3.94. The monoisotopic (exact) mass is 333 g/mol. The van der Waals surface area contributed by atoms with Crippen molar-refractivity contribution >= 4 is 5.91 Å². The van der Waals surface area contributed by atoms with Crippen LogP contribution in [-0.4, -0.2) is 71.3 Å². The first-order chi connectivity index (χ1) is 11.6. The Morgan fingerprint density at radius 1 is 1.29 bits per heavy atom. The van der Waals surface area contributed by atoms with Crippen molar-refractivity contribution in [3.8, 4) is 0 Å². The van der Waals surface area contributed by atoms with Gasteiger partial charge in [-0.15, -0.1) is 0 Å². The molecular formula is C18H31N5O. The number of nitrogens with zero attached hydrogens (tertiary/aromatic N) is 4. The molecule has 1 amide bonds. The van der Waals surface area contributed by atoms with Crippen LogP contribution < -0.4 is 5.32 Å². The normalized spacial score (nSPS) is 24.2. The van der Waals surface area contributed by atoms with Crippen molar-refractivity contribution in [2.24, 2.45) is 5.92 Å². The fraction of sp³-hybridized carbons (Fsp3) is 0.778. The Bertz CT molecular complexity index is 535. The third-order valence-corrected chi connectivity index (χ3v) is 5.44. The first-order valence-corrected chi connectivity index (χ1v) is 9.32. The van der Waals surface area contributed by atoms with E-state index < -0.39 is 0 Å². The van der Waals surface area contributed by atoms with Crippen LogP contribution in [0.3, 0.4) is 0 Å². The first-order valence-electron chi connectivity index (χ1n) is 9.32. The highest BCUT2D eigenvalue weighted by Crippen LogP contribution is 2.23. The minimum absolute atomic E-state index is 0.151. The SMILES string of the molecule is Cc1ccn(CCNC(=O)C2CCCN(C3CCN(C)CC3)C2)n1. The Hall–Kier alpha value is -1.40. The molecule has 0 saturated carbocycles. The molecule has 134 valence electrons. The fourth-order valence-corrected chi connectivity index (χ4v) is 3.94. The zero-order chi connectivity index (χ0) is 16.9. The van der Waals surface area contributed by atoms with Gasteiger partial charge in [-0.3, -0.25) is 14.4 Å². The molecule has 1 aromatic rings. The molecule has 2 aliphatic heterocycles. The number of amides is 1. The number of nitrogens with one attached hydrogen (secondary N) is 1. The summed E-state index contributed by atoms with van der Waals surface area (Å²) in [6, 6.07) is 2.66. The topological polar surface area (TPSA) is 53.4 Å². The van der Waals surface area contributed by atoms with Gasteiger partial charge in [0.05, 0.1) is 18.2 Å². The van der Waals surface area contributed by atoms with Crippen LogP contribution in [0.2, 0.25) is 0 Å². The molecule has 2 fully saturated rings. The maximum atomic E-state index is 12.5. The van der Waals surface area contributed by atoms with E-state index in [2.05, 4.69) is 27.3 Å². The number of piperidine rings is 2. The lowest BCUT2D eigenvalue weighted by Crippen LogP contribution is -2.50. The van der Waals surface area contributed by atoms with Gasteiger partial charge >= 0.3 is 0 Å². The predicted molar refractivity (Wildman–Crippen MR) is 94.8 cm³/mol. The first kappa shape index (κ1) is 17.4. The Balaban J connectivity index is 1.42. The summed E-state index contributed by atoms with van der Waals surface area (Å²) in [7, 11) is 2.20. The summed E-state index contributed by atoms with van der Waals surface area (Å²) in [6.45, 7) is 7.83. The lowest BCUT2D eigenvalue weighted by molar-refractivity contribution is -0.127. The summed E-state index contributed by atoms with van der Waals surface area (Å²) in [5.74, 6) is 0.370. The zero-order valence-electron chi connectivity index (χ0n) is 15.1. The van der Waals surface area contributed by atoms with Crippen molar-refractivity contribution in [1.29, 1.82) is 0 Å². The van der Waals surface area contributed by atoms with Crippen LogP contribution in [0.15, 0.2) is 12.3 Å². The van der Waals surface area contributed by atoms with Gasteiger partial charge in [0.2, 0.25) is 5.91 Å². The number of carbonyl (C=O) groups is 1. The molecule has 1 aromatic heterocycles. The predicted octanol–water partition coefficient (Wildman–Crippen LogP) is 1.11. The molecule has 3 rings (SSSR count). The van der Waals surface area contributed by atoms with Gasteiger partial charge in [-0.05, 0) is 65.4 Å². The number of aromatic nitrogens is 2. The van der Waals surface area contributed by atoms with Crippen molar-refractivity contribution in [3.05, 3.63) is 18.0 Å². The molecule has 24 heavy (non-hydrogen) atoms. The third kappa shape index (κ3) is 4.57. The largest absolute Gasteiger partial charge is 0.354 e. The van der Waals surface area contributed by atoms with Crippen molar-refractivity contribution in [2.75, 3.05) is 39.8 Å². The van der Waals surface area contributed by atoms with E-state index in [0.717, 1.165) is 38.2 Å². The number of hydrogen-bond acceptors (Lipinski definition) is 4. The van der Waals surface area contributed by atoms with Gasteiger partial charge in [0, 0.05) is 25.3 Å². The number of rotatable bonds is 5. The molecule has 2 saturated heterocycles. The molecule has 1 N–H and O–H groups in total. The summed E-state index contributed by atoms with van der Waals surface area (Å²) in [4.78, 5) is 17.5. The molecule has 0 radical (unpaired) electrons. The Morgan fingerprint density at radius 3 is 2.79 bits per heavy atom. The van der Waals surface area contributed by atoms with E-state index in [1.165, 1.54) is 25.9 Å². The van der Waals surface area contributed by atoms with E-state index in [4.69, 9.17) is 0 Å². The summed E-state index contributed by atoms with van der Waals surface area (Å²) in [6.07, 6.45) is 6.61. The molecule has 0 spiro atoms. The summed E-state index contributed by atoms with van der Waals surface area (Å²) < 4.78 is 1.89. The molecule has 6 nitrogen and oxygen atoms in total. The van der Waals surface area contributed by atoms with Gasteiger partial charge < -0.3 is 10.2 Å². The van der Waals surface area contributed by atoms with Crippen molar-refractivity contribution < 1.29 is 4.79 Å². The lowest BCUT2D eigenvalue weighted by atomic mass is 9.93. The third-order valence-electron chi connectivity index (χ3n) is 5.44. The van der Waals surface area contributed by atoms with Crippen LogP contribution >= 0.6 is 0 Å². The average Bonchev–Trinajstić information content (AvgIpc) is 3.01. The molecular weight excluding hydrogens is 302 g/mol. The number of likely N-dealkylation sites (tertiary alicyclic amines) is 2. The Kier molecular flexibility index (Phi) is 5.89. The maximum Gasteiger partial charge on any atom is 0.224 e. The molecule has 2 aliphatic rings. The van der Waals surface area contributed by atoms with E-state index in [9.17, 15) is 4.79 Å². The summed E-state index contributed by atoms with van der Waals surface area (Å²) >= 11 is 0. The Morgan fingerprint density at radius 2 is 2.08 bits per heavy atom. The molecule has 1 unspecified atom stereocenters. The second-order valence-corrected chi connectivity index (χ2v) is 7.38. The average molecular weight is 333 g/mol.